The molecule has 1 aliphatic heterocycles. The molecule has 2 amide bonds. The number of halogens is 3. The van der Waals surface area contributed by atoms with E-state index in [1.165, 1.54) is 4.90 Å². The van der Waals surface area contributed by atoms with Crippen LogP contribution in [0, 0.1) is 5.92 Å². The van der Waals surface area contributed by atoms with E-state index in [2.05, 4.69) is 10.3 Å². The van der Waals surface area contributed by atoms with Crippen LogP contribution in [0.2, 0.25) is 0 Å². The lowest BCUT2D eigenvalue weighted by atomic mass is 9.99. The highest BCUT2D eigenvalue weighted by atomic mass is 19.4. The number of hydrogen-bond donors (Lipinski definition) is 1. The van der Waals surface area contributed by atoms with Crippen molar-refractivity contribution in [3.05, 3.63) is 24.0 Å². The number of nitrogens with zero attached hydrogens (tertiary/aromatic N) is 2. The first-order valence-electron chi connectivity index (χ1n) is 6.35. The van der Waals surface area contributed by atoms with Gasteiger partial charge >= 0.3 is 6.18 Å². The summed E-state index contributed by atoms with van der Waals surface area (Å²) in [5.41, 5.74) is -0.859. The lowest BCUT2D eigenvalue weighted by molar-refractivity contribution is -0.141. The van der Waals surface area contributed by atoms with Crippen molar-refractivity contribution < 1.29 is 22.8 Å². The van der Waals surface area contributed by atoms with Crippen LogP contribution < -0.4 is 10.2 Å². The van der Waals surface area contributed by atoms with Gasteiger partial charge in [-0.05, 0) is 18.1 Å². The molecule has 1 N–H and O–H groups in total. The molecule has 1 aromatic heterocycles. The minimum Gasteiger partial charge on any atom is -0.345 e. The highest BCUT2D eigenvalue weighted by Gasteiger charge is 2.38. The number of rotatable bonds is 2. The first kappa shape index (κ1) is 15.3. The summed E-state index contributed by atoms with van der Waals surface area (Å²) in [6, 6.07) is 1.19. The Morgan fingerprint density at radius 3 is 2.48 bits per heavy atom. The largest absolute Gasteiger partial charge is 0.433 e. The minimum atomic E-state index is -4.54. The molecule has 21 heavy (non-hydrogen) atoms. The molecule has 0 bridgehead atoms. The molecule has 1 aliphatic rings. The van der Waals surface area contributed by atoms with Gasteiger partial charge < -0.3 is 5.32 Å². The molecule has 8 heteroatoms. The summed E-state index contributed by atoms with van der Waals surface area (Å²) in [6.07, 6.45) is -3.58. The number of anilines is 1. The van der Waals surface area contributed by atoms with Crippen molar-refractivity contribution in [2.24, 2.45) is 5.92 Å². The van der Waals surface area contributed by atoms with E-state index in [0.717, 1.165) is 18.3 Å². The van der Waals surface area contributed by atoms with Crippen LogP contribution in [0.3, 0.4) is 0 Å². The fraction of sp³-hybridized carbons (Fsp3) is 0.462. The minimum absolute atomic E-state index is 0.178. The van der Waals surface area contributed by atoms with Crippen molar-refractivity contribution in [2.45, 2.75) is 26.1 Å². The highest BCUT2D eigenvalue weighted by molar-refractivity contribution is 6.06. The normalized spacial score (nSPS) is 19.9. The second kappa shape index (κ2) is 5.34. The lowest BCUT2D eigenvalue weighted by Gasteiger charge is -2.36. The van der Waals surface area contributed by atoms with Crippen molar-refractivity contribution in [2.75, 3.05) is 11.4 Å². The molecule has 1 saturated heterocycles. The predicted molar refractivity (Wildman–Crippen MR) is 68.4 cm³/mol. The van der Waals surface area contributed by atoms with E-state index < -0.39 is 17.9 Å². The average molecular weight is 301 g/mol. The number of aromatic nitrogens is 1. The van der Waals surface area contributed by atoms with Crippen LogP contribution >= 0.6 is 0 Å². The van der Waals surface area contributed by atoms with Gasteiger partial charge in [-0.3, -0.25) is 14.5 Å². The maximum atomic E-state index is 12.5. The molecule has 0 spiro atoms. The van der Waals surface area contributed by atoms with Gasteiger partial charge in [-0.25, -0.2) is 4.98 Å². The Morgan fingerprint density at radius 2 is 2.00 bits per heavy atom. The summed E-state index contributed by atoms with van der Waals surface area (Å²) in [7, 11) is 0. The Kier molecular flexibility index (Phi) is 3.89. The van der Waals surface area contributed by atoms with Gasteiger partial charge in [-0.2, -0.15) is 13.2 Å². The number of nitrogens with one attached hydrogen (secondary N) is 1. The number of carbonyl (C=O) groups excluding carboxylic acids is 2. The molecule has 2 rings (SSSR count). The third kappa shape index (κ3) is 2.98. The van der Waals surface area contributed by atoms with Crippen molar-refractivity contribution >= 4 is 17.5 Å². The molecule has 2 heterocycles. The zero-order chi connectivity index (χ0) is 15.8. The van der Waals surface area contributed by atoms with Crippen molar-refractivity contribution in [1.29, 1.82) is 0 Å². The van der Waals surface area contributed by atoms with E-state index in [0.29, 0.717) is 0 Å². The molecule has 1 unspecified atom stereocenters. The zero-order valence-electron chi connectivity index (χ0n) is 11.4. The fourth-order valence-electron chi connectivity index (χ4n) is 2.23. The second-order valence-electron chi connectivity index (χ2n) is 5.07. The van der Waals surface area contributed by atoms with Crippen LogP contribution in [0.1, 0.15) is 19.5 Å². The zero-order valence-corrected chi connectivity index (χ0v) is 11.4. The number of piperazine rings is 1. The standard InChI is InChI=1S/C13H14F3N3O2/c1-7(2)11-12(21)18-6-10(20)19(11)8-3-4-9(17-5-8)13(14,15)16/h3-5,7,11H,6H2,1-2H3,(H,18,21). The van der Waals surface area contributed by atoms with Crippen LogP contribution in [-0.4, -0.2) is 29.4 Å². The van der Waals surface area contributed by atoms with Gasteiger partial charge in [0.25, 0.3) is 0 Å². The molecule has 0 aliphatic carbocycles. The van der Waals surface area contributed by atoms with Crippen molar-refractivity contribution in [3.63, 3.8) is 0 Å². The van der Waals surface area contributed by atoms with Gasteiger partial charge in [0.15, 0.2) is 0 Å². The molecule has 1 atom stereocenters. The van der Waals surface area contributed by atoms with Crippen LogP contribution in [0.5, 0.6) is 0 Å². The Hall–Kier alpha value is -2.12. The van der Waals surface area contributed by atoms with Crippen LogP contribution in [0.15, 0.2) is 18.3 Å². The van der Waals surface area contributed by atoms with E-state index in [9.17, 15) is 22.8 Å². The first-order valence-corrected chi connectivity index (χ1v) is 6.35. The molecular weight excluding hydrogens is 287 g/mol. The Morgan fingerprint density at radius 1 is 1.33 bits per heavy atom. The molecule has 1 fully saturated rings. The second-order valence-corrected chi connectivity index (χ2v) is 5.07. The molecule has 0 aromatic carbocycles. The van der Waals surface area contributed by atoms with E-state index in [1.54, 1.807) is 13.8 Å². The average Bonchev–Trinajstić information content (AvgIpc) is 2.40. The Labute approximate surface area is 119 Å². The van der Waals surface area contributed by atoms with Crippen molar-refractivity contribution in [3.8, 4) is 0 Å². The summed E-state index contributed by atoms with van der Waals surface area (Å²) in [4.78, 5) is 28.4. The van der Waals surface area contributed by atoms with Gasteiger partial charge in [-0.1, -0.05) is 13.8 Å². The molecule has 0 radical (unpaired) electrons. The van der Waals surface area contributed by atoms with E-state index >= 15 is 0 Å². The molecule has 114 valence electrons. The Balaban J connectivity index is 2.37. The summed E-state index contributed by atoms with van der Waals surface area (Å²) in [5.74, 6) is -0.893. The van der Waals surface area contributed by atoms with Gasteiger partial charge in [0, 0.05) is 0 Å². The van der Waals surface area contributed by atoms with Crippen LogP contribution in [0.4, 0.5) is 18.9 Å². The van der Waals surface area contributed by atoms with Crippen LogP contribution in [-0.2, 0) is 15.8 Å². The maximum Gasteiger partial charge on any atom is 0.433 e. The number of amides is 2. The third-order valence-electron chi connectivity index (χ3n) is 3.18. The quantitative estimate of drug-likeness (QED) is 0.902. The molecular formula is C13H14F3N3O2. The number of alkyl halides is 3. The van der Waals surface area contributed by atoms with Gasteiger partial charge in [0.1, 0.15) is 11.7 Å². The molecule has 5 nitrogen and oxygen atoms in total. The van der Waals surface area contributed by atoms with Gasteiger partial charge in [-0.15, -0.1) is 0 Å². The molecule has 1 aromatic rings. The van der Waals surface area contributed by atoms with E-state index in [1.807, 2.05) is 0 Å². The predicted octanol–water partition coefficient (Wildman–Crippen LogP) is 1.59. The maximum absolute atomic E-state index is 12.5. The monoisotopic (exact) mass is 301 g/mol. The number of pyridine rings is 1. The van der Waals surface area contributed by atoms with E-state index in [-0.39, 0.29) is 30.0 Å². The van der Waals surface area contributed by atoms with Crippen LogP contribution in [0.25, 0.3) is 0 Å². The van der Waals surface area contributed by atoms with Gasteiger partial charge in [0.05, 0.1) is 18.4 Å². The fourth-order valence-corrected chi connectivity index (χ4v) is 2.23. The topological polar surface area (TPSA) is 62.3 Å². The SMILES string of the molecule is CC(C)C1C(=O)NCC(=O)N1c1ccc(C(F)(F)F)nc1. The van der Waals surface area contributed by atoms with Crippen molar-refractivity contribution in [1.82, 2.24) is 10.3 Å². The summed E-state index contributed by atoms with van der Waals surface area (Å²) >= 11 is 0. The number of carbonyl (C=O) groups is 2. The summed E-state index contributed by atoms with van der Waals surface area (Å²) in [5, 5.41) is 2.47. The summed E-state index contributed by atoms with van der Waals surface area (Å²) < 4.78 is 37.5. The smallest absolute Gasteiger partial charge is 0.345 e. The highest BCUT2D eigenvalue weighted by Crippen LogP contribution is 2.30. The van der Waals surface area contributed by atoms with E-state index in [4.69, 9.17) is 0 Å². The number of hydrogen-bond acceptors (Lipinski definition) is 3. The first-order chi connectivity index (χ1) is 9.71. The molecule has 0 saturated carbocycles. The third-order valence-corrected chi connectivity index (χ3v) is 3.18. The summed E-state index contributed by atoms with van der Waals surface area (Å²) in [6.45, 7) is 3.34. The van der Waals surface area contributed by atoms with Gasteiger partial charge in [0.2, 0.25) is 11.8 Å². The lowest BCUT2D eigenvalue weighted by Crippen LogP contribution is -2.60. The Bertz CT molecular complexity index is 555.